The van der Waals surface area contributed by atoms with Crippen molar-refractivity contribution in [1.29, 1.82) is 0 Å². The average Bonchev–Trinajstić information content (AvgIpc) is 2.94. The number of ether oxygens (including phenoxy) is 1. The summed E-state index contributed by atoms with van der Waals surface area (Å²) in [6.07, 6.45) is 1.78. The van der Waals surface area contributed by atoms with Gasteiger partial charge in [0.05, 0.1) is 12.7 Å². The Morgan fingerprint density at radius 2 is 2.17 bits per heavy atom. The molecule has 0 bridgehead atoms. The van der Waals surface area contributed by atoms with E-state index in [1.165, 1.54) is 6.07 Å². The summed E-state index contributed by atoms with van der Waals surface area (Å²) in [5.74, 6) is 0.262. The molecule has 0 aromatic carbocycles. The van der Waals surface area contributed by atoms with E-state index in [9.17, 15) is 14.7 Å². The minimum Gasteiger partial charge on any atom is -0.388 e. The molecule has 0 radical (unpaired) electrons. The van der Waals surface area contributed by atoms with Crippen molar-refractivity contribution in [2.45, 2.75) is 37.7 Å². The number of pyridine rings is 2. The standard InChI is InChI=1S/C18H22N2O4/c1-24-10-11-5-7-15-13(11)9-14(18(23)20-15)16(21)8-6-12-3-2-4-17(22)19-12/h2-4,9,11,16,21H,5-8,10H2,1H3,(H,19,22)(H,20,23)/t11-,16+/m1/s1. The second-order valence-corrected chi connectivity index (χ2v) is 6.27. The largest absolute Gasteiger partial charge is 0.388 e. The Labute approximate surface area is 139 Å². The summed E-state index contributed by atoms with van der Waals surface area (Å²) in [7, 11) is 1.67. The Bertz CT molecular complexity index is 824. The summed E-state index contributed by atoms with van der Waals surface area (Å²) in [6, 6.07) is 6.75. The molecule has 3 rings (SSSR count). The van der Waals surface area contributed by atoms with Crippen molar-refractivity contribution >= 4 is 0 Å². The monoisotopic (exact) mass is 330 g/mol. The molecule has 6 heteroatoms. The zero-order valence-electron chi connectivity index (χ0n) is 13.7. The van der Waals surface area contributed by atoms with Gasteiger partial charge in [0.1, 0.15) is 0 Å². The van der Waals surface area contributed by atoms with Crippen LogP contribution in [-0.4, -0.2) is 28.8 Å². The molecule has 1 aliphatic rings. The van der Waals surface area contributed by atoms with Crippen LogP contribution in [0.1, 0.15) is 47.4 Å². The molecule has 0 aliphatic heterocycles. The van der Waals surface area contributed by atoms with E-state index in [1.54, 1.807) is 19.2 Å². The molecule has 6 nitrogen and oxygen atoms in total. The number of hydrogen-bond donors (Lipinski definition) is 3. The summed E-state index contributed by atoms with van der Waals surface area (Å²) >= 11 is 0. The Morgan fingerprint density at radius 3 is 2.92 bits per heavy atom. The van der Waals surface area contributed by atoms with E-state index in [0.29, 0.717) is 25.0 Å². The van der Waals surface area contributed by atoms with Gasteiger partial charge in [-0.15, -0.1) is 0 Å². The zero-order chi connectivity index (χ0) is 17.1. The van der Waals surface area contributed by atoms with Crippen LogP contribution >= 0.6 is 0 Å². The third-order valence-electron chi connectivity index (χ3n) is 4.61. The minimum absolute atomic E-state index is 0.167. The topological polar surface area (TPSA) is 95.2 Å². The fourth-order valence-corrected chi connectivity index (χ4v) is 3.36. The van der Waals surface area contributed by atoms with Crippen molar-refractivity contribution in [3.63, 3.8) is 0 Å². The number of aromatic nitrogens is 2. The minimum atomic E-state index is -0.869. The second kappa shape index (κ2) is 7.15. The van der Waals surface area contributed by atoms with Crippen molar-refractivity contribution in [2.24, 2.45) is 0 Å². The van der Waals surface area contributed by atoms with Gasteiger partial charge in [-0.3, -0.25) is 9.59 Å². The van der Waals surface area contributed by atoms with Gasteiger partial charge in [0, 0.05) is 36.0 Å². The lowest BCUT2D eigenvalue weighted by Gasteiger charge is -2.14. The Kier molecular flexibility index (Phi) is 4.97. The van der Waals surface area contributed by atoms with E-state index in [4.69, 9.17) is 4.74 Å². The number of aromatic amines is 2. The number of aryl methyl sites for hydroxylation is 2. The van der Waals surface area contributed by atoms with Crippen molar-refractivity contribution in [3.05, 3.63) is 67.5 Å². The van der Waals surface area contributed by atoms with Gasteiger partial charge in [-0.2, -0.15) is 0 Å². The molecule has 3 N–H and O–H groups in total. The van der Waals surface area contributed by atoms with Gasteiger partial charge in [0.15, 0.2) is 0 Å². The third kappa shape index (κ3) is 3.49. The predicted molar refractivity (Wildman–Crippen MR) is 90.3 cm³/mol. The highest BCUT2D eigenvalue weighted by Gasteiger charge is 2.25. The van der Waals surface area contributed by atoms with Gasteiger partial charge < -0.3 is 19.8 Å². The lowest BCUT2D eigenvalue weighted by Crippen LogP contribution is -2.19. The molecule has 0 amide bonds. The van der Waals surface area contributed by atoms with Gasteiger partial charge in [-0.1, -0.05) is 6.07 Å². The first kappa shape index (κ1) is 16.7. The highest BCUT2D eigenvalue weighted by atomic mass is 16.5. The normalized spacial score (nSPS) is 17.7. The fourth-order valence-electron chi connectivity index (χ4n) is 3.36. The smallest absolute Gasteiger partial charge is 0.253 e. The number of H-pyrrole nitrogens is 2. The SMILES string of the molecule is COC[C@H]1CCc2[nH]c(=O)c([C@@H](O)CCc3cccc(=O)[nH]3)cc21. The Morgan fingerprint density at radius 1 is 1.33 bits per heavy atom. The van der Waals surface area contributed by atoms with E-state index in [0.717, 1.165) is 29.8 Å². The second-order valence-electron chi connectivity index (χ2n) is 6.27. The highest BCUT2D eigenvalue weighted by molar-refractivity contribution is 5.34. The molecule has 2 atom stereocenters. The molecule has 2 aromatic rings. The number of methoxy groups -OCH3 is 1. The fraction of sp³-hybridized carbons (Fsp3) is 0.444. The van der Waals surface area contributed by atoms with Gasteiger partial charge in [0.25, 0.3) is 5.56 Å². The highest BCUT2D eigenvalue weighted by Crippen LogP contribution is 2.32. The number of aliphatic hydroxyl groups is 1. The summed E-state index contributed by atoms with van der Waals surface area (Å²) in [4.78, 5) is 29.2. The van der Waals surface area contributed by atoms with Crippen molar-refractivity contribution in [2.75, 3.05) is 13.7 Å². The molecule has 1 aliphatic carbocycles. The summed E-state index contributed by atoms with van der Waals surface area (Å²) in [6.45, 7) is 0.611. The molecule has 24 heavy (non-hydrogen) atoms. The zero-order valence-corrected chi connectivity index (χ0v) is 13.7. The van der Waals surface area contributed by atoms with Crippen LogP contribution in [0.4, 0.5) is 0 Å². The van der Waals surface area contributed by atoms with E-state index in [1.807, 2.05) is 6.07 Å². The van der Waals surface area contributed by atoms with E-state index in [-0.39, 0.29) is 17.0 Å². The van der Waals surface area contributed by atoms with Crippen molar-refractivity contribution in [1.82, 2.24) is 9.97 Å². The molecule has 0 unspecified atom stereocenters. The lowest BCUT2D eigenvalue weighted by atomic mass is 9.98. The quantitative estimate of drug-likeness (QED) is 0.746. The number of aliphatic hydroxyl groups excluding tert-OH is 1. The average molecular weight is 330 g/mol. The molecule has 0 saturated carbocycles. The van der Waals surface area contributed by atoms with Gasteiger partial charge in [0.2, 0.25) is 5.56 Å². The van der Waals surface area contributed by atoms with Crippen LogP contribution in [0.25, 0.3) is 0 Å². The molecule has 0 spiro atoms. The molecular formula is C18H22N2O4. The maximum absolute atomic E-state index is 12.2. The Balaban J connectivity index is 1.77. The van der Waals surface area contributed by atoms with Crippen LogP contribution in [0.3, 0.4) is 0 Å². The van der Waals surface area contributed by atoms with Crippen LogP contribution < -0.4 is 11.1 Å². The first-order valence-electron chi connectivity index (χ1n) is 8.19. The molecule has 0 saturated heterocycles. The van der Waals surface area contributed by atoms with Gasteiger partial charge in [-0.25, -0.2) is 0 Å². The third-order valence-corrected chi connectivity index (χ3v) is 4.61. The molecule has 0 fully saturated rings. The molecular weight excluding hydrogens is 308 g/mol. The van der Waals surface area contributed by atoms with Crippen LogP contribution in [-0.2, 0) is 17.6 Å². The summed E-state index contributed by atoms with van der Waals surface area (Å²) in [5, 5.41) is 10.4. The Hall–Kier alpha value is -2.18. The van der Waals surface area contributed by atoms with Crippen LogP contribution in [0.15, 0.2) is 33.9 Å². The van der Waals surface area contributed by atoms with E-state index >= 15 is 0 Å². The maximum Gasteiger partial charge on any atom is 0.253 e. The summed E-state index contributed by atoms with van der Waals surface area (Å²) < 4.78 is 5.24. The van der Waals surface area contributed by atoms with Crippen LogP contribution in [0, 0.1) is 0 Å². The maximum atomic E-state index is 12.2. The first-order chi connectivity index (χ1) is 11.6. The number of fused-ring (bicyclic) bond motifs is 1. The predicted octanol–water partition coefficient (Wildman–Crippen LogP) is 1.41. The lowest BCUT2D eigenvalue weighted by molar-refractivity contribution is 0.165. The van der Waals surface area contributed by atoms with Gasteiger partial charge in [-0.05, 0) is 43.4 Å². The van der Waals surface area contributed by atoms with Crippen LogP contribution in [0.5, 0.6) is 0 Å². The van der Waals surface area contributed by atoms with Crippen LogP contribution in [0.2, 0.25) is 0 Å². The number of nitrogens with one attached hydrogen (secondary N) is 2. The number of rotatable bonds is 6. The van der Waals surface area contributed by atoms with E-state index in [2.05, 4.69) is 9.97 Å². The summed E-state index contributed by atoms with van der Waals surface area (Å²) in [5.41, 5.74) is 2.75. The van der Waals surface area contributed by atoms with Gasteiger partial charge >= 0.3 is 0 Å². The van der Waals surface area contributed by atoms with Crippen molar-refractivity contribution < 1.29 is 9.84 Å². The first-order valence-corrected chi connectivity index (χ1v) is 8.19. The molecule has 128 valence electrons. The van der Waals surface area contributed by atoms with Crippen molar-refractivity contribution in [3.8, 4) is 0 Å². The number of hydrogen-bond acceptors (Lipinski definition) is 4. The molecule has 2 aromatic heterocycles. The molecule has 2 heterocycles. The van der Waals surface area contributed by atoms with E-state index < -0.39 is 6.10 Å².